The molecule has 0 spiro atoms. The largest absolute Gasteiger partial charge is 0.489 e. The third-order valence-corrected chi connectivity index (χ3v) is 5.27. The monoisotopic (exact) mass is 404 g/mol. The van der Waals surface area contributed by atoms with Gasteiger partial charge in [0.2, 0.25) is 5.91 Å². The number of nitrogens with one attached hydrogen (secondary N) is 1. The van der Waals surface area contributed by atoms with Crippen molar-refractivity contribution < 1.29 is 23.0 Å². The Morgan fingerprint density at radius 3 is 2.52 bits per heavy atom. The molecule has 0 atom stereocenters. The molecule has 0 aliphatic carbocycles. The number of carbonyl (C=O) groups is 1. The van der Waals surface area contributed by atoms with Gasteiger partial charge in [0.05, 0.1) is 13.1 Å². The van der Waals surface area contributed by atoms with Crippen LogP contribution in [-0.2, 0) is 15.1 Å². The number of hydrogen-bond donors (Lipinski definition) is 1. The van der Waals surface area contributed by atoms with E-state index >= 15 is 0 Å². The molecule has 1 fully saturated rings. The molecular weight excluding hydrogens is 378 g/mol. The van der Waals surface area contributed by atoms with Crippen LogP contribution in [0.5, 0.6) is 5.75 Å². The van der Waals surface area contributed by atoms with Crippen LogP contribution in [-0.4, -0.2) is 50.8 Å². The van der Waals surface area contributed by atoms with Crippen LogP contribution in [0.25, 0.3) is 0 Å². The standard InChI is InChI=1S/C22H26F2N2O3/c1-26(12-15-29-20-5-3-2-4-19(20)24)21(27)16-25-22(10-13-28-14-11-22)17-6-8-18(23)9-7-17/h2-9,25H,10-16H2,1H3. The average Bonchev–Trinajstić information content (AvgIpc) is 2.74. The van der Waals surface area contributed by atoms with Gasteiger partial charge in [-0.15, -0.1) is 0 Å². The van der Waals surface area contributed by atoms with Gasteiger partial charge in [0.1, 0.15) is 12.4 Å². The van der Waals surface area contributed by atoms with E-state index in [1.165, 1.54) is 18.2 Å². The van der Waals surface area contributed by atoms with E-state index in [2.05, 4.69) is 5.32 Å². The van der Waals surface area contributed by atoms with E-state index in [0.717, 1.165) is 5.56 Å². The summed E-state index contributed by atoms with van der Waals surface area (Å²) in [5, 5.41) is 3.37. The molecule has 2 aromatic carbocycles. The van der Waals surface area contributed by atoms with Crippen molar-refractivity contribution in [1.82, 2.24) is 10.2 Å². The topological polar surface area (TPSA) is 50.8 Å². The fourth-order valence-corrected chi connectivity index (χ4v) is 3.42. The average molecular weight is 404 g/mol. The molecule has 2 aromatic rings. The molecule has 5 nitrogen and oxygen atoms in total. The Hall–Kier alpha value is -2.51. The highest BCUT2D eigenvalue weighted by molar-refractivity contribution is 5.78. The second-order valence-corrected chi connectivity index (χ2v) is 7.15. The molecule has 1 heterocycles. The van der Waals surface area contributed by atoms with Crippen LogP contribution in [0, 0.1) is 11.6 Å². The van der Waals surface area contributed by atoms with Crippen molar-refractivity contribution in [1.29, 1.82) is 0 Å². The van der Waals surface area contributed by atoms with Gasteiger partial charge in [-0.3, -0.25) is 10.1 Å². The molecule has 0 radical (unpaired) electrons. The number of halogens is 2. The Bertz CT molecular complexity index is 808. The first-order valence-electron chi connectivity index (χ1n) is 9.70. The van der Waals surface area contributed by atoms with Gasteiger partial charge in [-0.05, 0) is 42.7 Å². The Labute approximate surface area is 169 Å². The van der Waals surface area contributed by atoms with Gasteiger partial charge >= 0.3 is 0 Å². The molecule has 29 heavy (non-hydrogen) atoms. The van der Waals surface area contributed by atoms with Gasteiger partial charge in [-0.1, -0.05) is 24.3 Å². The van der Waals surface area contributed by atoms with E-state index in [0.29, 0.717) is 32.6 Å². The van der Waals surface area contributed by atoms with Crippen LogP contribution in [0.3, 0.4) is 0 Å². The summed E-state index contributed by atoms with van der Waals surface area (Å²) in [6, 6.07) is 12.5. The van der Waals surface area contributed by atoms with Gasteiger partial charge in [0.15, 0.2) is 11.6 Å². The summed E-state index contributed by atoms with van der Waals surface area (Å²) in [4.78, 5) is 14.1. The predicted molar refractivity (Wildman–Crippen MR) is 106 cm³/mol. The lowest BCUT2D eigenvalue weighted by Crippen LogP contribution is -2.50. The van der Waals surface area contributed by atoms with Crippen LogP contribution < -0.4 is 10.1 Å². The van der Waals surface area contributed by atoms with Crippen molar-refractivity contribution in [2.75, 3.05) is 40.0 Å². The summed E-state index contributed by atoms with van der Waals surface area (Å²) in [6.07, 6.45) is 1.40. The minimum absolute atomic E-state index is 0.102. The summed E-state index contributed by atoms with van der Waals surface area (Å²) < 4.78 is 37.8. The van der Waals surface area contributed by atoms with Crippen molar-refractivity contribution in [2.45, 2.75) is 18.4 Å². The van der Waals surface area contributed by atoms with E-state index in [4.69, 9.17) is 9.47 Å². The van der Waals surface area contributed by atoms with Gasteiger partial charge in [0.25, 0.3) is 0 Å². The van der Waals surface area contributed by atoms with Crippen LogP contribution >= 0.6 is 0 Å². The third-order valence-electron chi connectivity index (χ3n) is 5.27. The summed E-state index contributed by atoms with van der Waals surface area (Å²) in [5.74, 6) is -0.649. The molecule has 156 valence electrons. The molecule has 0 unspecified atom stereocenters. The number of carbonyl (C=O) groups excluding carboxylic acids is 1. The van der Waals surface area contributed by atoms with Crippen molar-refractivity contribution in [3.8, 4) is 5.75 Å². The van der Waals surface area contributed by atoms with Crippen molar-refractivity contribution in [3.05, 3.63) is 65.7 Å². The highest BCUT2D eigenvalue weighted by Crippen LogP contribution is 2.32. The fraction of sp³-hybridized carbons (Fsp3) is 0.409. The molecule has 1 saturated heterocycles. The molecule has 1 amide bonds. The van der Waals surface area contributed by atoms with E-state index in [-0.39, 0.29) is 30.6 Å². The molecule has 7 heteroatoms. The molecule has 3 rings (SSSR count). The zero-order chi connectivity index (χ0) is 20.7. The smallest absolute Gasteiger partial charge is 0.236 e. The number of para-hydroxylation sites is 1. The maximum Gasteiger partial charge on any atom is 0.236 e. The van der Waals surface area contributed by atoms with Gasteiger partial charge < -0.3 is 14.4 Å². The predicted octanol–water partition coefficient (Wildman–Crippen LogP) is 3.10. The highest BCUT2D eigenvalue weighted by Gasteiger charge is 2.34. The molecule has 1 aliphatic rings. The Morgan fingerprint density at radius 1 is 1.14 bits per heavy atom. The molecule has 0 aromatic heterocycles. The van der Waals surface area contributed by atoms with E-state index in [1.54, 1.807) is 42.3 Å². The second-order valence-electron chi connectivity index (χ2n) is 7.15. The normalized spacial score (nSPS) is 15.7. The van der Waals surface area contributed by atoms with Crippen LogP contribution in [0.1, 0.15) is 18.4 Å². The first-order valence-corrected chi connectivity index (χ1v) is 9.70. The van der Waals surface area contributed by atoms with Crippen LogP contribution in [0.2, 0.25) is 0 Å². The van der Waals surface area contributed by atoms with Crippen LogP contribution in [0.15, 0.2) is 48.5 Å². The van der Waals surface area contributed by atoms with E-state index in [1.807, 2.05) is 0 Å². The van der Waals surface area contributed by atoms with Crippen LogP contribution in [0.4, 0.5) is 8.78 Å². The molecule has 1 aliphatic heterocycles. The molecule has 0 saturated carbocycles. The number of amides is 1. The van der Waals surface area contributed by atoms with E-state index < -0.39 is 11.4 Å². The molecular formula is C22H26F2N2O3. The Morgan fingerprint density at radius 2 is 1.83 bits per heavy atom. The van der Waals surface area contributed by atoms with E-state index in [9.17, 15) is 13.6 Å². The maximum absolute atomic E-state index is 13.6. The van der Waals surface area contributed by atoms with Gasteiger partial charge in [0, 0.05) is 25.8 Å². The minimum Gasteiger partial charge on any atom is -0.489 e. The second kappa shape index (κ2) is 9.80. The Balaban J connectivity index is 1.54. The highest BCUT2D eigenvalue weighted by atomic mass is 19.1. The quantitative estimate of drug-likeness (QED) is 0.735. The van der Waals surface area contributed by atoms with Crippen molar-refractivity contribution >= 4 is 5.91 Å². The first kappa shape index (κ1) is 21.2. The number of ether oxygens (including phenoxy) is 2. The third kappa shape index (κ3) is 5.52. The number of rotatable bonds is 8. The lowest BCUT2D eigenvalue weighted by atomic mass is 9.82. The number of nitrogens with zero attached hydrogens (tertiary/aromatic N) is 1. The van der Waals surface area contributed by atoms with Gasteiger partial charge in [-0.25, -0.2) is 8.78 Å². The zero-order valence-corrected chi connectivity index (χ0v) is 16.5. The SMILES string of the molecule is CN(CCOc1ccccc1F)C(=O)CNC1(c2ccc(F)cc2)CCOCC1. The number of hydrogen-bond acceptors (Lipinski definition) is 4. The lowest BCUT2D eigenvalue weighted by Gasteiger charge is -2.39. The molecule has 1 N–H and O–H groups in total. The summed E-state index contributed by atoms with van der Waals surface area (Å²) in [5.41, 5.74) is 0.520. The first-order chi connectivity index (χ1) is 14.0. The number of benzene rings is 2. The summed E-state index contributed by atoms with van der Waals surface area (Å²) >= 11 is 0. The fourth-order valence-electron chi connectivity index (χ4n) is 3.42. The molecule has 0 bridgehead atoms. The van der Waals surface area contributed by atoms with Crippen molar-refractivity contribution in [3.63, 3.8) is 0 Å². The Kier molecular flexibility index (Phi) is 7.17. The van der Waals surface area contributed by atoms with Gasteiger partial charge in [-0.2, -0.15) is 0 Å². The summed E-state index contributed by atoms with van der Waals surface area (Å²) in [6.45, 7) is 1.81. The van der Waals surface area contributed by atoms with Crippen molar-refractivity contribution in [2.24, 2.45) is 0 Å². The maximum atomic E-state index is 13.6. The zero-order valence-electron chi connectivity index (χ0n) is 16.5. The minimum atomic E-state index is -0.427. The lowest BCUT2D eigenvalue weighted by molar-refractivity contribution is -0.130. The summed E-state index contributed by atoms with van der Waals surface area (Å²) in [7, 11) is 1.68. The number of likely N-dealkylation sites (N-methyl/N-ethyl adjacent to an activating group) is 1.